The Morgan fingerprint density at radius 2 is 1.71 bits per heavy atom. The zero-order chi connectivity index (χ0) is 24.0. The van der Waals surface area contributed by atoms with E-state index in [4.69, 9.17) is 4.98 Å². The predicted molar refractivity (Wildman–Crippen MR) is 128 cm³/mol. The monoisotopic (exact) mass is 481 g/mol. The van der Waals surface area contributed by atoms with E-state index in [0.29, 0.717) is 60.6 Å². The third-order valence-electron chi connectivity index (χ3n) is 6.70. The van der Waals surface area contributed by atoms with Crippen LogP contribution in [0.15, 0.2) is 36.4 Å². The van der Waals surface area contributed by atoms with E-state index in [0.717, 1.165) is 5.56 Å². The molecule has 2 amide bonds. The zero-order valence-corrected chi connectivity index (χ0v) is 20.1. The summed E-state index contributed by atoms with van der Waals surface area (Å²) in [4.78, 5) is 33.8. The van der Waals surface area contributed by atoms with Crippen molar-refractivity contribution in [2.45, 2.75) is 26.3 Å². The van der Waals surface area contributed by atoms with Crippen molar-refractivity contribution >= 4 is 32.7 Å². The molecule has 0 aliphatic carbocycles. The van der Waals surface area contributed by atoms with Gasteiger partial charge in [-0.2, -0.15) is 5.10 Å². The van der Waals surface area contributed by atoms with Crippen LogP contribution in [0.25, 0.3) is 22.3 Å². The Balaban J connectivity index is 1.62. The van der Waals surface area contributed by atoms with Gasteiger partial charge in [0.1, 0.15) is 0 Å². The van der Waals surface area contributed by atoms with E-state index in [1.807, 2.05) is 43.3 Å². The van der Waals surface area contributed by atoms with Gasteiger partial charge in [0.2, 0.25) is 5.91 Å². The Labute approximate surface area is 198 Å². The minimum atomic E-state index is -3.12. The van der Waals surface area contributed by atoms with Gasteiger partial charge in [-0.1, -0.05) is 30.3 Å². The molecule has 1 atom stereocenters. The normalized spacial score (nSPS) is 20.1. The van der Waals surface area contributed by atoms with Gasteiger partial charge in [0.25, 0.3) is 5.91 Å². The van der Waals surface area contributed by atoms with Crippen molar-refractivity contribution < 1.29 is 18.0 Å². The summed E-state index contributed by atoms with van der Waals surface area (Å²) < 4.78 is 26.0. The summed E-state index contributed by atoms with van der Waals surface area (Å²) >= 11 is 0. The topological polar surface area (TPSA) is 105 Å². The first-order chi connectivity index (χ1) is 16.2. The zero-order valence-electron chi connectivity index (χ0n) is 19.3. The lowest BCUT2D eigenvalue weighted by atomic mass is 10.0. The number of benzene rings is 1. The minimum Gasteiger partial charge on any atom is -0.339 e. The fourth-order valence-electron chi connectivity index (χ4n) is 4.86. The van der Waals surface area contributed by atoms with Gasteiger partial charge in [0.15, 0.2) is 15.5 Å². The van der Waals surface area contributed by atoms with E-state index in [-0.39, 0.29) is 29.4 Å². The lowest BCUT2D eigenvalue weighted by Gasteiger charge is -2.34. The van der Waals surface area contributed by atoms with Crippen LogP contribution in [0.4, 0.5) is 0 Å². The highest BCUT2D eigenvalue weighted by Crippen LogP contribution is 2.32. The first-order valence-corrected chi connectivity index (χ1v) is 13.3. The number of sulfone groups is 1. The molecule has 10 heteroatoms. The van der Waals surface area contributed by atoms with E-state index in [9.17, 15) is 18.0 Å². The molecule has 1 unspecified atom stereocenters. The van der Waals surface area contributed by atoms with Gasteiger partial charge < -0.3 is 9.80 Å². The fraction of sp³-hybridized carbons (Fsp3) is 0.417. The number of hydrogen-bond donors (Lipinski definition) is 0. The third kappa shape index (κ3) is 4.06. The molecule has 5 rings (SSSR count). The van der Waals surface area contributed by atoms with Gasteiger partial charge in [-0.05, 0) is 19.4 Å². The number of piperazine rings is 1. The quantitative estimate of drug-likeness (QED) is 0.567. The number of rotatable bonds is 3. The number of aryl methyl sites for hydroxylation is 1. The maximum Gasteiger partial charge on any atom is 0.254 e. The van der Waals surface area contributed by atoms with Crippen molar-refractivity contribution in [1.29, 1.82) is 0 Å². The second kappa shape index (κ2) is 8.50. The molecular formula is C24H27N5O4S. The van der Waals surface area contributed by atoms with Crippen LogP contribution < -0.4 is 0 Å². The van der Waals surface area contributed by atoms with Crippen LogP contribution in [0.5, 0.6) is 0 Å². The average molecular weight is 482 g/mol. The third-order valence-corrected chi connectivity index (χ3v) is 8.45. The highest BCUT2D eigenvalue weighted by Gasteiger charge is 2.33. The van der Waals surface area contributed by atoms with Gasteiger partial charge in [0, 0.05) is 38.7 Å². The molecule has 2 aromatic heterocycles. The maximum absolute atomic E-state index is 13.7. The van der Waals surface area contributed by atoms with Gasteiger partial charge >= 0.3 is 0 Å². The summed E-state index contributed by atoms with van der Waals surface area (Å²) in [6.45, 7) is 5.28. The van der Waals surface area contributed by atoms with Crippen LogP contribution in [0.2, 0.25) is 0 Å². The van der Waals surface area contributed by atoms with E-state index < -0.39 is 9.84 Å². The molecule has 34 heavy (non-hydrogen) atoms. The molecule has 2 fully saturated rings. The highest BCUT2D eigenvalue weighted by atomic mass is 32.2. The number of carbonyl (C=O) groups excluding carboxylic acids is 2. The van der Waals surface area contributed by atoms with Crippen molar-refractivity contribution in [1.82, 2.24) is 24.6 Å². The summed E-state index contributed by atoms with van der Waals surface area (Å²) in [6, 6.07) is 11.1. The Kier molecular flexibility index (Phi) is 5.63. The molecule has 4 heterocycles. The van der Waals surface area contributed by atoms with Crippen LogP contribution in [-0.2, 0) is 14.6 Å². The van der Waals surface area contributed by atoms with Crippen LogP contribution in [-0.4, -0.2) is 82.5 Å². The van der Waals surface area contributed by atoms with Crippen molar-refractivity contribution in [2.75, 3.05) is 37.7 Å². The first-order valence-electron chi connectivity index (χ1n) is 11.4. The molecule has 1 aromatic carbocycles. The molecule has 3 aromatic rings. The molecular weight excluding hydrogens is 454 g/mol. The predicted octanol–water partition coefficient (Wildman–Crippen LogP) is 2.07. The standard InChI is InChI=1S/C24H27N5O4S/c1-16-22-20(24(31)28-11-9-27(10-12-28)17(2)30)14-21(18-6-4-3-5-7-18)25-23(22)29(26-16)19-8-13-34(32,33)15-19/h3-7,14,19H,8-13,15H2,1-2H3. The molecule has 0 N–H and O–H groups in total. The summed E-state index contributed by atoms with van der Waals surface area (Å²) in [5.41, 5.74) is 3.19. The number of aromatic nitrogens is 3. The SMILES string of the molecule is CC(=O)N1CCN(C(=O)c2cc(-c3ccccc3)nc3c2c(C)nn3C2CCS(=O)(=O)C2)CC1. The largest absolute Gasteiger partial charge is 0.339 e. The summed E-state index contributed by atoms with van der Waals surface area (Å²) in [5.74, 6) is 0.0299. The van der Waals surface area contributed by atoms with E-state index in [1.54, 1.807) is 14.5 Å². The van der Waals surface area contributed by atoms with Crippen molar-refractivity contribution in [3.8, 4) is 11.3 Å². The summed E-state index contributed by atoms with van der Waals surface area (Å²) in [5, 5.41) is 5.32. The molecule has 2 aliphatic rings. The Morgan fingerprint density at radius 3 is 2.32 bits per heavy atom. The lowest BCUT2D eigenvalue weighted by Crippen LogP contribution is -2.50. The number of fused-ring (bicyclic) bond motifs is 1. The molecule has 178 valence electrons. The van der Waals surface area contributed by atoms with Crippen molar-refractivity contribution in [3.63, 3.8) is 0 Å². The van der Waals surface area contributed by atoms with Crippen molar-refractivity contribution in [3.05, 3.63) is 47.7 Å². The van der Waals surface area contributed by atoms with Crippen LogP contribution in [0.3, 0.4) is 0 Å². The number of hydrogen-bond acceptors (Lipinski definition) is 6. The van der Waals surface area contributed by atoms with Crippen LogP contribution in [0, 0.1) is 6.92 Å². The highest BCUT2D eigenvalue weighted by molar-refractivity contribution is 7.91. The number of pyridine rings is 1. The minimum absolute atomic E-state index is 0.00778. The number of amides is 2. The van der Waals surface area contributed by atoms with Gasteiger partial charge in [-0.15, -0.1) is 0 Å². The van der Waals surface area contributed by atoms with Crippen molar-refractivity contribution in [2.24, 2.45) is 0 Å². The molecule has 9 nitrogen and oxygen atoms in total. The summed E-state index contributed by atoms with van der Waals surface area (Å²) in [6.07, 6.45) is 0.478. The van der Waals surface area contributed by atoms with E-state index in [1.165, 1.54) is 6.92 Å². The Bertz CT molecular complexity index is 1380. The van der Waals surface area contributed by atoms with E-state index in [2.05, 4.69) is 5.10 Å². The van der Waals surface area contributed by atoms with Gasteiger partial charge in [0.05, 0.1) is 39.9 Å². The molecule has 0 bridgehead atoms. The summed E-state index contributed by atoms with van der Waals surface area (Å²) in [7, 11) is -3.12. The molecule has 2 aliphatic heterocycles. The van der Waals surface area contributed by atoms with E-state index >= 15 is 0 Å². The maximum atomic E-state index is 13.7. The number of carbonyl (C=O) groups is 2. The fourth-order valence-corrected chi connectivity index (χ4v) is 6.55. The molecule has 0 spiro atoms. The Hall–Kier alpha value is -3.27. The lowest BCUT2D eigenvalue weighted by molar-refractivity contribution is -0.130. The molecule has 0 saturated carbocycles. The molecule has 2 saturated heterocycles. The second-order valence-corrected chi connectivity index (χ2v) is 11.2. The van der Waals surface area contributed by atoms with Gasteiger partial charge in [-0.3, -0.25) is 9.59 Å². The van der Waals surface area contributed by atoms with Crippen LogP contribution in [0.1, 0.15) is 35.4 Å². The first kappa shape index (κ1) is 22.5. The van der Waals surface area contributed by atoms with Crippen LogP contribution >= 0.6 is 0 Å². The average Bonchev–Trinajstić information content (AvgIpc) is 3.37. The molecule has 0 radical (unpaired) electrons. The number of nitrogens with zero attached hydrogens (tertiary/aromatic N) is 5. The smallest absolute Gasteiger partial charge is 0.254 e. The Morgan fingerprint density at radius 1 is 1.03 bits per heavy atom. The second-order valence-electron chi connectivity index (χ2n) is 9.00. The van der Waals surface area contributed by atoms with Gasteiger partial charge in [-0.25, -0.2) is 18.1 Å².